The van der Waals surface area contributed by atoms with E-state index in [1.165, 1.54) is 6.33 Å². The van der Waals surface area contributed by atoms with Crippen molar-refractivity contribution in [2.75, 3.05) is 25.2 Å². The maximum Gasteiger partial charge on any atom is 0.167 e. The van der Waals surface area contributed by atoms with Gasteiger partial charge in [-0.2, -0.15) is 0 Å². The molecule has 126 valence electrons. The van der Waals surface area contributed by atoms with E-state index in [0.717, 1.165) is 12.6 Å². The van der Waals surface area contributed by atoms with Crippen LogP contribution in [-0.4, -0.2) is 62.6 Å². The van der Waals surface area contributed by atoms with Crippen LogP contribution in [0.4, 0.5) is 5.82 Å². The Kier molecular flexibility index (Phi) is 4.21. The van der Waals surface area contributed by atoms with Crippen LogP contribution < -0.4 is 5.73 Å². The number of nitrogens with zero attached hydrogens (tertiary/aromatic N) is 4. The quantitative estimate of drug-likeness (QED) is 0.818. The second kappa shape index (κ2) is 5.89. The number of nitrogens with two attached hydrogens (primary N) is 1. The van der Waals surface area contributed by atoms with Crippen LogP contribution in [0.25, 0.3) is 11.2 Å². The zero-order valence-electron chi connectivity index (χ0n) is 13.8. The molecule has 1 saturated heterocycles. The summed E-state index contributed by atoms with van der Waals surface area (Å²) in [5, 5.41) is 10.5. The smallest absolute Gasteiger partial charge is 0.167 e. The minimum Gasteiger partial charge on any atom is -0.390 e. The number of fused-ring (bicyclic) bond motifs is 1. The molecule has 3 N–H and O–H groups in total. The van der Waals surface area contributed by atoms with E-state index in [9.17, 15) is 5.11 Å². The summed E-state index contributed by atoms with van der Waals surface area (Å²) >= 11 is 0. The Bertz CT molecular complexity index is 755. The minimum absolute atomic E-state index is 0.0557. The number of rotatable bonds is 4. The van der Waals surface area contributed by atoms with Crippen molar-refractivity contribution in [3.63, 3.8) is 0 Å². The number of aliphatic hydroxyl groups excluding tert-OH is 1. The summed E-state index contributed by atoms with van der Waals surface area (Å²) in [5.74, 6) is 0.292. The predicted octanol–water partition coefficient (Wildman–Crippen LogP) is 1.40. The van der Waals surface area contributed by atoms with Crippen molar-refractivity contribution in [2.45, 2.75) is 31.8 Å². The van der Waals surface area contributed by atoms with Gasteiger partial charge in [0, 0.05) is 5.92 Å². The molecule has 0 aromatic carbocycles. The van der Waals surface area contributed by atoms with Crippen molar-refractivity contribution in [1.82, 2.24) is 19.5 Å². The standard InChI is InChI=1S/C15H24N5O2P/c1-9-12(21)10(5-6-23(2,3)4)22-15(9)20-8-19-11-13(16)17-7-18-14(11)20/h7-10,12,15,21H,2,5-6H2,1,3-4H3,(H2,16,17,18)/t9-,10-,12+,15?/m1/s1. The second-order valence-corrected chi connectivity index (χ2v) is 11.3. The fourth-order valence-corrected chi connectivity index (χ4v) is 3.93. The molecule has 0 bridgehead atoms. The van der Waals surface area contributed by atoms with E-state index >= 15 is 0 Å². The molecule has 4 atom stereocenters. The largest absolute Gasteiger partial charge is 0.390 e. The lowest BCUT2D eigenvalue weighted by Crippen LogP contribution is -2.26. The highest BCUT2D eigenvalue weighted by atomic mass is 31.2. The monoisotopic (exact) mass is 337 g/mol. The molecular formula is C15H24N5O2P. The van der Waals surface area contributed by atoms with Gasteiger partial charge in [0.05, 0.1) is 18.5 Å². The Labute approximate surface area is 135 Å². The third-order valence-electron chi connectivity index (χ3n) is 4.36. The highest BCUT2D eigenvalue weighted by molar-refractivity contribution is 7.72. The number of imidazole rings is 1. The summed E-state index contributed by atoms with van der Waals surface area (Å²) in [4.78, 5) is 12.5. The molecule has 7 nitrogen and oxygen atoms in total. The van der Waals surface area contributed by atoms with E-state index in [4.69, 9.17) is 10.5 Å². The van der Waals surface area contributed by atoms with Gasteiger partial charge in [-0.3, -0.25) is 4.57 Å². The zero-order valence-corrected chi connectivity index (χ0v) is 14.6. The number of hydrogen-bond donors (Lipinski definition) is 2. The van der Waals surface area contributed by atoms with Crippen molar-refractivity contribution in [2.24, 2.45) is 5.92 Å². The van der Waals surface area contributed by atoms with Crippen molar-refractivity contribution < 1.29 is 9.84 Å². The SMILES string of the molecule is C=P(C)(C)CC[C@H]1OC(n2cnc3c(N)ncnc32)[C@H](C)[C@@H]1O. The predicted molar refractivity (Wildman–Crippen MR) is 94.2 cm³/mol. The van der Waals surface area contributed by atoms with E-state index in [0.29, 0.717) is 17.0 Å². The van der Waals surface area contributed by atoms with E-state index in [1.807, 2.05) is 11.5 Å². The van der Waals surface area contributed by atoms with Gasteiger partial charge in [0.2, 0.25) is 0 Å². The average Bonchev–Trinajstić information content (AvgIpc) is 3.01. The maximum atomic E-state index is 10.5. The van der Waals surface area contributed by atoms with E-state index in [-0.39, 0.29) is 18.2 Å². The molecule has 23 heavy (non-hydrogen) atoms. The van der Waals surface area contributed by atoms with Crippen molar-refractivity contribution in [3.05, 3.63) is 12.7 Å². The highest BCUT2D eigenvalue weighted by Gasteiger charge is 2.42. The fourth-order valence-electron chi connectivity index (χ4n) is 2.98. The Balaban J connectivity index is 1.85. The summed E-state index contributed by atoms with van der Waals surface area (Å²) in [5.41, 5.74) is 7.03. The zero-order chi connectivity index (χ0) is 16.8. The van der Waals surface area contributed by atoms with Gasteiger partial charge in [-0.1, -0.05) is 6.92 Å². The summed E-state index contributed by atoms with van der Waals surface area (Å²) < 4.78 is 7.97. The van der Waals surface area contributed by atoms with Crippen LogP contribution in [0.15, 0.2) is 12.7 Å². The first-order valence-corrected chi connectivity index (χ1v) is 10.8. The number of nitrogen functional groups attached to an aromatic ring is 1. The molecule has 2 aromatic heterocycles. The molecule has 1 aliphatic rings. The summed E-state index contributed by atoms with van der Waals surface area (Å²) in [6.45, 7) is 5.23. The van der Waals surface area contributed by atoms with Gasteiger partial charge < -0.3 is 15.6 Å². The van der Waals surface area contributed by atoms with Gasteiger partial charge in [0.25, 0.3) is 0 Å². The van der Waals surface area contributed by atoms with Crippen LogP contribution in [0.1, 0.15) is 19.6 Å². The molecule has 3 rings (SSSR count). The molecule has 8 heteroatoms. The topological polar surface area (TPSA) is 99.1 Å². The first kappa shape index (κ1) is 16.4. The first-order valence-electron chi connectivity index (χ1n) is 7.72. The van der Waals surface area contributed by atoms with E-state index in [2.05, 4.69) is 34.6 Å². The van der Waals surface area contributed by atoms with Gasteiger partial charge in [-0.25, -0.2) is 15.0 Å². The van der Waals surface area contributed by atoms with E-state index in [1.54, 1.807) is 6.33 Å². The molecule has 2 aromatic rings. The lowest BCUT2D eigenvalue weighted by Gasteiger charge is -2.19. The molecular weight excluding hydrogens is 313 g/mol. The molecule has 0 saturated carbocycles. The first-order chi connectivity index (χ1) is 10.8. The number of anilines is 1. The van der Waals surface area contributed by atoms with Gasteiger partial charge in [0.15, 0.2) is 11.5 Å². The van der Waals surface area contributed by atoms with Gasteiger partial charge >= 0.3 is 0 Å². The van der Waals surface area contributed by atoms with Crippen LogP contribution >= 0.6 is 6.89 Å². The molecule has 1 aliphatic heterocycles. The fraction of sp³-hybridized carbons (Fsp3) is 0.600. The third kappa shape index (κ3) is 3.13. The summed E-state index contributed by atoms with van der Waals surface area (Å²) in [7, 11) is 0. The molecule has 1 fully saturated rings. The number of aliphatic hydroxyl groups is 1. The number of hydrogen-bond acceptors (Lipinski definition) is 6. The van der Waals surface area contributed by atoms with Crippen LogP contribution in [0.3, 0.4) is 0 Å². The normalized spacial score (nSPS) is 28.5. The molecule has 3 heterocycles. The lowest BCUT2D eigenvalue weighted by atomic mass is 10.0. The minimum atomic E-state index is -1.14. The van der Waals surface area contributed by atoms with Crippen LogP contribution in [0.2, 0.25) is 0 Å². The maximum absolute atomic E-state index is 10.5. The van der Waals surface area contributed by atoms with Crippen LogP contribution in [-0.2, 0) is 4.74 Å². The van der Waals surface area contributed by atoms with Crippen molar-refractivity contribution in [3.8, 4) is 0 Å². The molecule has 0 aliphatic carbocycles. The summed E-state index contributed by atoms with van der Waals surface area (Å²) in [6.07, 6.45) is 8.10. The third-order valence-corrected chi connectivity index (χ3v) is 5.83. The Morgan fingerprint density at radius 3 is 2.83 bits per heavy atom. The molecule has 0 amide bonds. The molecule has 0 spiro atoms. The lowest BCUT2D eigenvalue weighted by molar-refractivity contribution is -0.0206. The molecule has 1 unspecified atom stereocenters. The second-order valence-electron chi connectivity index (χ2n) is 6.95. The Hall–Kier alpha value is -1.43. The number of ether oxygens (including phenoxy) is 1. The molecule has 0 radical (unpaired) electrons. The number of aromatic nitrogens is 4. The van der Waals surface area contributed by atoms with Gasteiger partial charge in [0.1, 0.15) is 18.1 Å². The van der Waals surface area contributed by atoms with Gasteiger partial charge in [-0.05, 0) is 25.9 Å². The summed E-state index contributed by atoms with van der Waals surface area (Å²) in [6, 6.07) is 0. The van der Waals surface area contributed by atoms with Crippen molar-refractivity contribution >= 4 is 30.2 Å². The Morgan fingerprint density at radius 2 is 2.13 bits per heavy atom. The average molecular weight is 337 g/mol. The van der Waals surface area contributed by atoms with Crippen LogP contribution in [0, 0.1) is 5.92 Å². The van der Waals surface area contributed by atoms with E-state index < -0.39 is 13.0 Å². The van der Waals surface area contributed by atoms with Crippen molar-refractivity contribution in [1.29, 1.82) is 0 Å². The highest BCUT2D eigenvalue weighted by Crippen LogP contribution is 2.41. The van der Waals surface area contributed by atoms with Crippen LogP contribution in [0.5, 0.6) is 0 Å². The van der Waals surface area contributed by atoms with Gasteiger partial charge in [-0.15, -0.1) is 13.2 Å². The Morgan fingerprint density at radius 1 is 1.39 bits per heavy atom.